The molecule has 0 atom stereocenters. The summed E-state index contributed by atoms with van der Waals surface area (Å²) in [5, 5.41) is 19.1. The van der Waals surface area contributed by atoms with E-state index < -0.39 is 0 Å². The molecule has 0 spiro atoms. The van der Waals surface area contributed by atoms with Gasteiger partial charge in [-0.3, -0.25) is 8.97 Å². The Morgan fingerprint density at radius 2 is 2.35 bits per heavy atom. The molecule has 106 valence electrons. The van der Waals surface area contributed by atoms with Crippen molar-refractivity contribution in [3.63, 3.8) is 0 Å². The summed E-state index contributed by atoms with van der Waals surface area (Å²) < 4.78 is 3.41. The van der Waals surface area contributed by atoms with Crippen molar-refractivity contribution in [2.45, 2.75) is 36.7 Å². The zero-order valence-electron chi connectivity index (χ0n) is 10.9. The molecule has 0 aliphatic rings. The molecular formula is C11H13N5O2S2. The van der Waals surface area contributed by atoms with Gasteiger partial charge < -0.3 is 5.11 Å². The average molecular weight is 311 g/mol. The largest absolute Gasteiger partial charge is 0.390 e. The van der Waals surface area contributed by atoms with Crippen LogP contribution >= 0.6 is 23.1 Å². The van der Waals surface area contributed by atoms with Crippen molar-refractivity contribution in [1.29, 1.82) is 0 Å². The minimum Gasteiger partial charge on any atom is -0.390 e. The van der Waals surface area contributed by atoms with Crippen LogP contribution in [0.15, 0.2) is 26.6 Å². The molecule has 3 rings (SSSR count). The van der Waals surface area contributed by atoms with Crippen LogP contribution < -0.4 is 5.69 Å². The van der Waals surface area contributed by atoms with Gasteiger partial charge in [-0.2, -0.15) is 0 Å². The van der Waals surface area contributed by atoms with Gasteiger partial charge in [-0.15, -0.1) is 16.4 Å². The second-order valence-corrected chi connectivity index (χ2v) is 6.28. The smallest absolute Gasteiger partial charge is 0.344 e. The van der Waals surface area contributed by atoms with Gasteiger partial charge in [0.05, 0.1) is 12.3 Å². The number of fused-ring (bicyclic) bond motifs is 1. The Bertz CT molecular complexity index is 797. The predicted molar refractivity (Wildman–Crippen MR) is 76.3 cm³/mol. The molecule has 0 fully saturated rings. The number of nitrogens with zero attached hydrogens (tertiary/aromatic N) is 4. The Kier molecular flexibility index (Phi) is 3.40. The lowest BCUT2D eigenvalue weighted by molar-refractivity contribution is 0.272. The van der Waals surface area contributed by atoms with Gasteiger partial charge in [0.25, 0.3) is 0 Å². The van der Waals surface area contributed by atoms with Crippen molar-refractivity contribution in [1.82, 2.24) is 24.1 Å². The highest BCUT2D eigenvalue weighted by molar-refractivity contribution is 7.99. The first kappa shape index (κ1) is 13.4. The number of aliphatic hydroxyl groups is 1. The lowest BCUT2D eigenvalue weighted by Crippen LogP contribution is -2.19. The molecule has 3 heterocycles. The van der Waals surface area contributed by atoms with Crippen LogP contribution in [0, 0.1) is 0 Å². The SMILES string of the molecule is CC(C)n1c(Sc2nc3sccn3c2CO)n[nH]c1=O. The van der Waals surface area contributed by atoms with Crippen molar-refractivity contribution in [2.75, 3.05) is 0 Å². The van der Waals surface area contributed by atoms with E-state index in [1.54, 1.807) is 4.57 Å². The van der Waals surface area contributed by atoms with Gasteiger partial charge in [-0.05, 0) is 25.6 Å². The van der Waals surface area contributed by atoms with E-state index in [4.69, 9.17) is 0 Å². The first-order valence-electron chi connectivity index (χ1n) is 6.02. The number of hydrogen-bond donors (Lipinski definition) is 2. The van der Waals surface area contributed by atoms with Gasteiger partial charge >= 0.3 is 5.69 Å². The zero-order valence-corrected chi connectivity index (χ0v) is 12.5. The van der Waals surface area contributed by atoms with Gasteiger partial charge in [-0.25, -0.2) is 14.9 Å². The molecule has 0 radical (unpaired) electrons. The first-order chi connectivity index (χ1) is 9.61. The van der Waals surface area contributed by atoms with Crippen molar-refractivity contribution in [3.8, 4) is 0 Å². The normalized spacial score (nSPS) is 11.8. The van der Waals surface area contributed by atoms with Crippen molar-refractivity contribution in [2.24, 2.45) is 0 Å². The van der Waals surface area contributed by atoms with Crippen molar-refractivity contribution < 1.29 is 5.11 Å². The summed E-state index contributed by atoms with van der Waals surface area (Å²) >= 11 is 2.77. The van der Waals surface area contributed by atoms with E-state index in [9.17, 15) is 9.90 Å². The minimum absolute atomic E-state index is 0.00468. The highest BCUT2D eigenvalue weighted by atomic mass is 32.2. The van der Waals surface area contributed by atoms with Crippen LogP contribution in [-0.2, 0) is 6.61 Å². The molecule has 0 aliphatic carbocycles. The summed E-state index contributed by atoms with van der Waals surface area (Å²) in [6, 6.07) is 0.00468. The van der Waals surface area contributed by atoms with Gasteiger partial charge in [0.15, 0.2) is 10.1 Å². The number of H-pyrrole nitrogens is 1. The molecule has 0 saturated heterocycles. The highest BCUT2D eigenvalue weighted by Crippen LogP contribution is 2.31. The second kappa shape index (κ2) is 5.08. The standard InChI is InChI=1S/C11H13N5O2S2/c1-6(2)16-9(18)13-14-11(16)20-8-7(5-17)15-3-4-19-10(15)12-8/h3-4,6,17H,5H2,1-2H3,(H,13,18). The number of hydrogen-bond acceptors (Lipinski definition) is 6. The monoisotopic (exact) mass is 311 g/mol. The van der Waals surface area contributed by atoms with Crippen molar-refractivity contribution >= 4 is 28.1 Å². The number of nitrogens with one attached hydrogen (secondary N) is 1. The van der Waals surface area contributed by atoms with E-state index in [1.165, 1.54) is 23.1 Å². The fraction of sp³-hybridized carbons (Fsp3) is 0.364. The lowest BCUT2D eigenvalue weighted by atomic mass is 10.4. The first-order valence-corrected chi connectivity index (χ1v) is 7.71. The van der Waals surface area contributed by atoms with E-state index >= 15 is 0 Å². The zero-order chi connectivity index (χ0) is 14.3. The Balaban J connectivity index is 2.05. The maximum absolute atomic E-state index is 11.7. The molecule has 3 aromatic heterocycles. The molecule has 9 heteroatoms. The molecular weight excluding hydrogens is 298 g/mol. The van der Waals surface area contributed by atoms with E-state index in [0.717, 1.165) is 4.96 Å². The molecule has 0 amide bonds. The van der Waals surface area contributed by atoms with Crippen LogP contribution in [0.25, 0.3) is 4.96 Å². The number of aliphatic hydroxyl groups excluding tert-OH is 1. The number of rotatable bonds is 4. The fourth-order valence-electron chi connectivity index (χ4n) is 1.94. The Hall–Kier alpha value is -1.58. The number of aromatic nitrogens is 5. The van der Waals surface area contributed by atoms with Crippen LogP contribution in [0.4, 0.5) is 0 Å². The Morgan fingerprint density at radius 3 is 3.05 bits per heavy atom. The Labute approximate surface area is 122 Å². The predicted octanol–water partition coefficient (Wildman–Crippen LogP) is 1.50. The molecule has 0 unspecified atom stereocenters. The van der Waals surface area contributed by atoms with Crippen LogP contribution in [0.3, 0.4) is 0 Å². The summed E-state index contributed by atoms with van der Waals surface area (Å²) in [6.07, 6.45) is 1.86. The van der Waals surface area contributed by atoms with E-state index in [1.807, 2.05) is 29.8 Å². The maximum Gasteiger partial charge on any atom is 0.344 e. The lowest BCUT2D eigenvalue weighted by Gasteiger charge is -2.07. The number of aromatic amines is 1. The van der Waals surface area contributed by atoms with Gasteiger partial charge in [0, 0.05) is 17.6 Å². The highest BCUT2D eigenvalue weighted by Gasteiger charge is 2.18. The molecule has 20 heavy (non-hydrogen) atoms. The molecule has 0 saturated carbocycles. The molecule has 2 N–H and O–H groups in total. The van der Waals surface area contributed by atoms with E-state index in [-0.39, 0.29) is 18.3 Å². The van der Waals surface area contributed by atoms with Crippen LogP contribution in [0.2, 0.25) is 0 Å². The van der Waals surface area contributed by atoms with E-state index in [2.05, 4.69) is 15.2 Å². The Morgan fingerprint density at radius 1 is 1.55 bits per heavy atom. The van der Waals surface area contributed by atoms with Crippen LogP contribution in [0.1, 0.15) is 25.6 Å². The fourth-order valence-corrected chi connectivity index (χ4v) is 3.80. The molecule has 0 aliphatic heterocycles. The minimum atomic E-state index is -0.242. The van der Waals surface area contributed by atoms with Crippen molar-refractivity contribution in [3.05, 3.63) is 27.8 Å². The summed E-state index contributed by atoms with van der Waals surface area (Å²) in [7, 11) is 0. The van der Waals surface area contributed by atoms with Gasteiger partial charge in [0.2, 0.25) is 0 Å². The number of thiazole rings is 1. The van der Waals surface area contributed by atoms with Crippen LogP contribution in [0.5, 0.6) is 0 Å². The summed E-state index contributed by atoms with van der Waals surface area (Å²) in [6.45, 7) is 3.72. The molecule has 0 aromatic carbocycles. The van der Waals surface area contributed by atoms with E-state index in [0.29, 0.717) is 15.9 Å². The topological polar surface area (TPSA) is 88.2 Å². The van der Waals surface area contributed by atoms with Gasteiger partial charge in [-0.1, -0.05) is 0 Å². The van der Waals surface area contributed by atoms with Crippen LogP contribution in [-0.4, -0.2) is 29.3 Å². The third kappa shape index (κ3) is 2.07. The average Bonchev–Trinajstić information content (AvgIpc) is 3.04. The molecule has 3 aromatic rings. The quantitative estimate of drug-likeness (QED) is 0.762. The third-order valence-corrected chi connectivity index (χ3v) is 4.60. The summed E-state index contributed by atoms with van der Waals surface area (Å²) in [5.41, 5.74) is 0.464. The molecule has 7 nitrogen and oxygen atoms in total. The van der Waals surface area contributed by atoms with Gasteiger partial charge in [0.1, 0.15) is 5.03 Å². The second-order valence-electron chi connectivity index (χ2n) is 4.45. The number of imidazole rings is 1. The summed E-state index contributed by atoms with van der Waals surface area (Å²) in [4.78, 5) is 17.0. The third-order valence-electron chi connectivity index (χ3n) is 2.85. The molecule has 0 bridgehead atoms. The maximum atomic E-state index is 11.7. The summed E-state index contributed by atoms with van der Waals surface area (Å²) in [5.74, 6) is 0.